The predicted molar refractivity (Wildman–Crippen MR) is 71.8 cm³/mol. The molecule has 2 atom stereocenters. The van der Waals surface area contributed by atoms with Gasteiger partial charge in [-0.05, 0) is 51.2 Å². The topological polar surface area (TPSA) is 15.3 Å². The number of nitrogens with zero attached hydrogens (tertiary/aromatic N) is 1. The van der Waals surface area contributed by atoms with E-state index in [-0.39, 0.29) is 0 Å². The number of nitrogens with one attached hydrogen (secondary N) is 1. The molecule has 1 saturated carbocycles. The van der Waals surface area contributed by atoms with Crippen LogP contribution in [-0.2, 0) is 0 Å². The monoisotopic (exact) mass is 226 g/mol. The lowest BCUT2D eigenvalue weighted by Gasteiger charge is -2.37. The summed E-state index contributed by atoms with van der Waals surface area (Å²) in [5, 5.41) is 3.46. The molecule has 0 bridgehead atoms. The number of hydrogen-bond acceptors (Lipinski definition) is 2. The van der Waals surface area contributed by atoms with E-state index in [4.69, 9.17) is 0 Å². The summed E-state index contributed by atoms with van der Waals surface area (Å²) in [6, 6.07) is 0.713. The molecule has 0 aromatic carbocycles. The number of hydrogen-bond donors (Lipinski definition) is 1. The van der Waals surface area contributed by atoms with Crippen molar-refractivity contribution in [2.75, 3.05) is 26.2 Å². The average molecular weight is 226 g/mol. The minimum absolute atomic E-state index is 0.713. The first kappa shape index (κ1) is 14.0. The van der Waals surface area contributed by atoms with E-state index in [9.17, 15) is 0 Å². The maximum Gasteiger partial charge on any atom is 0.0105 e. The zero-order chi connectivity index (χ0) is 12.0. The standard InChI is InChI=1S/C14H30N2/c1-5-15-10-12(3)13(4)16(6-2)11-14-8-7-9-14/h12-15H,5-11H2,1-4H3. The maximum absolute atomic E-state index is 3.46. The van der Waals surface area contributed by atoms with E-state index in [0.717, 1.165) is 24.9 Å². The fourth-order valence-electron chi connectivity index (χ4n) is 2.49. The summed E-state index contributed by atoms with van der Waals surface area (Å²) in [4.78, 5) is 2.67. The van der Waals surface area contributed by atoms with Crippen LogP contribution in [-0.4, -0.2) is 37.1 Å². The van der Waals surface area contributed by atoms with E-state index in [2.05, 4.69) is 37.9 Å². The zero-order valence-electron chi connectivity index (χ0n) is 11.6. The second-order valence-electron chi connectivity index (χ2n) is 5.41. The molecule has 0 aromatic rings. The summed E-state index contributed by atoms with van der Waals surface area (Å²) >= 11 is 0. The van der Waals surface area contributed by atoms with Crippen LogP contribution < -0.4 is 5.32 Å². The van der Waals surface area contributed by atoms with Crippen LogP contribution in [0.1, 0.15) is 47.0 Å². The van der Waals surface area contributed by atoms with Crippen LogP contribution in [0, 0.1) is 11.8 Å². The van der Waals surface area contributed by atoms with Gasteiger partial charge in [0.25, 0.3) is 0 Å². The lowest BCUT2D eigenvalue weighted by molar-refractivity contribution is 0.116. The molecule has 0 spiro atoms. The summed E-state index contributed by atoms with van der Waals surface area (Å²) in [6.45, 7) is 14.0. The van der Waals surface area contributed by atoms with Crippen molar-refractivity contribution in [3.05, 3.63) is 0 Å². The molecule has 1 aliphatic carbocycles. The van der Waals surface area contributed by atoms with Crippen molar-refractivity contribution in [1.29, 1.82) is 0 Å². The van der Waals surface area contributed by atoms with Gasteiger partial charge in [0.15, 0.2) is 0 Å². The van der Waals surface area contributed by atoms with Gasteiger partial charge in [0.2, 0.25) is 0 Å². The van der Waals surface area contributed by atoms with Crippen LogP contribution in [0.2, 0.25) is 0 Å². The van der Waals surface area contributed by atoms with Gasteiger partial charge in [0.05, 0.1) is 0 Å². The Bertz CT molecular complexity index is 178. The summed E-state index contributed by atoms with van der Waals surface area (Å²) in [6.07, 6.45) is 4.39. The molecule has 0 aliphatic heterocycles. The van der Waals surface area contributed by atoms with E-state index in [0.29, 0.717) is 6.04 Å². The molecular formula is C14H30N2. The molecule has 1 fully saturated rings. The third-order valence-electron chi connectivity index (χ3n) is 4.24. The second-order valence-corrected chi connectivity index (χ2v) is 5.41. The van der Waals surface area contributed by atoms with E-state index < -0.39 is 0 Å². The van der Waals surface area contributed by atoms with Crippen molar-refractivity contribution >= 4 is 0 Å². The molecule has 0 aromatic heterocycles. The largest absolute Gasteiger partial charge is 0.317 e. The van der Waals surface area contributed by atoms with E-state index >= 15 is 0 Å². The molecule has 1 aliphatic rings. The number of rotatable bonds is 8. The fraction of sp³-hybridized carbons (Fsp3) is 1.00. The van der Waals surface area contributed by atoms with Gasteiger partial charge in [-0.2, -0.15) is 0 Å². The summed E-state index contributed by atoms with van der Waals surface area (Å²) < 4.78 is 0. The molecule has 1 N–H and O–H groups in total. The molecule has 0 heterocycles. The molecular weight excluding hydrogens is 196 g/mol. The highest BCUT2D eigenvalue weighted by atomic mass is 15.2. The van der Waals surface area contributed by atoms with Crippen LogP contribution >= 0.6 is 0 Å². The zero-order valence-corrected chi connectivity index (χ0v) is 11.6. The van der Waals surface area contributed by atoms with Gasteiger partial charge in [-0.25, -0.2) is 0 Å². The minimum atomic E-state index is 0.713. The van der Waals surface area contributed by atoms with Gasteiger partial charge in [-0.1, -0.05) is 27.2 Å². The molecule has 1 rings (SSSR count). The third-order valence-corrected chi connectivity index (χ3v) is 4.24. The highest BCUT2D eigenvalue weighted by Crippen LogP contribution is 2.28. The maximum atomic E-state index is 3.46. The smallest absolute Gasteiger partial charge is 0.0105 e. The highest BCUT2D eigenvalue weighted by Gasteiger charge is 2.24. The lowest BCUT2D eigenvalue weighted by Crippen LogP contribution is -2.44. The molecule has 2 unspecified atom stereocenters. The first-order chi connectivity index (χ1) is 7.69. The van der Waals surface area contributed by atoms with Gasteiger partial charge >= 0.3 is 0 Å². The first-order valence-corrected chi connectivity index (χ1v) is 7.13. The van der Waals surface area contributed by atoms with Gasteiger partial charge < -0.3 is 10.2 Å². The van der Waals surface area contributed by atoms with Crippen molar-refractivity contribution in [3.8, 4) is 0 Å². The predicted octanol–water partition coefficient (Wildman–Crippen LogP) is 2.74. The Hall–Kier alpha value is -0.0800. The Morgan fingerprint density at radius 2 is 1.94 bits per heavy atom. The van der Waals surface area contributed by atoms with E-state index in [1.807, 2.05) is 0 Å². The van der Waals surface area contributed by atoms with Crippen LogP contribution in [0.25, 0.3) is 0 Å². The van der Waals surface area contributed by atoms with Crippen molar-refractivity contribution in [2.24, 2.45) is 11.8 Å². The van der Waals surface area contributed by atoms with Gasteiger partial charge in [-0.3, -0.25) is 0 Å². The summed E-state index contributed by atoms with van der Waals surface area (Å²) in [5.41, 5.74) is 0. The van der Waals surface area contributed by atoms with Crippen LogP contribution in [0.4, 0.5) is 0 Å². The van der Waals surface area contributed by atoms with Gasteiger partial charge in [0, 0.05) is 12.6 Å². The van der Waals surface area contributed by atoms with Crippen molar-refractivity contribution in [1.82, 2.24) is 10.2 Å². The Kier molecular flexibility index (Phi) is 6.37. The molecule has 2 heteroatoms. The van der Waals surface area contributed by atoms with E-state index in [1.54, 1.807) is 0 Å². The van der Waals surface area contributed by atoms with E-state index in [1.165, 1.54) is 32.4 Å². The Labute approximate surface area is 102 Å². The fourth-order valence-corrected chi connectivity index (χ4v) is 2.49. The van der Waals surface area contributed by atoms with Crippen molar-refractivity contribution < 1.29 is 0 Å². The normalized spacial score (nSPS) is 20.8. The van der Waals surface area contributed by atoms with Gasteiger partial charge in [0.1, 0.15) is 0 Å². The molecule has 2 nitrogen and oxygen atoms in total. The summed E-state index contributed by atoms with van der Waals surface area (Å²) in [5.74, 6) is 1.74. The van der Waals surface area contributed by atoms with Crippen LogP contribution in [0.15, 0.2) is 0 Å². The van der Waals surface area contributed by atoms with Gasteiger partial charge in [-0.15, -0.1) is 0 Å². The van der Waals surface area contributed by atoms with Crippen molar-refractivity contribution in [3.63, 3.8) is 0 Å². The third kappa shape index (κ3) is 4.06. The Morgan fingerprint density at radius 1 is 1.25 bits per heavy atom. The SMILES string of the molecule is CCNCC(C)C(C)N(CC)CC1CCC1. The minimum Gasteiger partial charge on any atom is -0.317 e. The Morgan fingerprint density at radius 3 is 2.38 bits per heavy atom. The van der Waals surface area contributed by atoms with Crippen LogP contribution in [0.3, 0.4) is 0 Å². The lowest BCUT2D eigenvalue weighted by atomic mass is 9.84. The molecule has 16 heavy (non-hydrogen) atoms. The Balaban J connectivity index is 2.31. The van der Waals surface area contributed by atoms with Crippen LogP contribution in [0.5, 0.6) is 0 Å². The molecule has 0 amide bonds. The first-order valence-electron chi connectivity index (χ1n) is 7.13. The van der Waals surface area contributed by atoms with Crippen molar-refractivity contribution in [2.45, 2.75) is 53.0 Å². The second kappa shape index (κ2) is 7.29. The molecule has 0 radical (unpaired) electrons. The molecule has 0 saturated heterocycles. The quantitative estimate of drug-likeness (QED) is 0.684. The molecule has 96 valence electrons. The average Bonchev–Trinajstić information content (AvgIpc) is 2.24. The highest BCUT2D eigenvalue weighted by molar-refractivity contribution is 4.79. The summed E-state index contributed by atoms with van der Waals surface area (Å²) in [7, 11) is 0.